The highest BCUT2D eigenvalue weighted by molar-refractivity contribution is 7.17. The van der Waals surface area contributed by atoms with Crippen molar-refractivity contribution in [2.45, 2.75) is 19.1 Å². The molecule has 3 aromatic rings. The summed E-state index contributed by atoms with van der Waals surface area (Å²) in [5, 5.41) is 0.722. The minimum absolute atomic E-state index is 0.0332. The van der Waals surface area contributed by atoms with Crippen LogP contribution in [0.15, 0.2) is 53.1 Å². The number of carbonyl (C=O) groups excluding carboxylic acids is 1. The molecule has 0 unspecified atom stereocenters. The maximum absolute atomic E-state index is 13.4. The highest BCUT2D eigenvalue weighted by Crippen LogP contribution is 2.36. The molecule has 0 spiro atoms. The van der Waals surface area contributed by atoms with Gasteiger partial charge in [0.15, 0.2) is 17.1 Å². The zero-order valence-electron chi connectivity index (χ0n) is 16.0. The van der Waals surface area contributed by atoms with Crippen molar-refractivity contribution in [3.05, 3.63) is 53.6 Å². The van der Waals surface area contributed by atoms with Crippen LogP contribution in [0.1, 0.15) is 22.5 Å². The Bertz CT molecular complexity index is 956. The summed E-state index contributed by atoms with van der Waals surface area (Å²) in [6, 6.07) is 13.6. The molecule has 0 aliphatic carbocycles. The first-order valence-corrected chi connectivity index (χ1v) is 10.7. The van der Waals surface area contributed by atoms with Gasteiger partial charge in [-0.2, -0.15) is 0 Å². The molecule has 0 radical (unpaired) electrons. The van der Waals surface area contributed by atoms with E-state index in [0.717, 1.165) is 29.1 Å². The van der Waals surface area contributed by atoms with Crippen LogP contribution in [0.4, 0.5) is 0 Å². The molecule has 2 aliphatic heterocycles. The number of nitrogens with zero attached hydrogens (tertiary/aromatic N) is 2. The van der Waals surface area contributed by atoms with Gasteiger partial charge in [0.25, 0.3) is 5.91 Å². The Morgan fingerprint density at radius 1 is 1.03 bits per heavy atom. The fraction of sp³-hybridized carbons (Fsp3) is 0.364. The predicted molar refractivity (Wildman–Crippen MR) is 110 cm³/mol. The molecule has 1 amide bonds. The van der Waals surface area contributed by atoms with Crippen LogP contribution in [0.5, 0.6) is 0 Å². The van der Waals surface area contributed by atoms with Crippen LogP contribution >= 0.6 is 11.3 Å². The van der Waals surface area contributed by atoms with Gasteiger partial charge < -0.3 is 18.8 Å². The topological polar surface area (TPSA) is 64.8 Å². The Morgan fingerprint density at radius 3 is 2.48 bits per heavy atom. The maximum atomic E-state index is 13.4. The van der Waals surface area contributed by atoms with E-state index in [4.69, 9.17) is 18.9 Å². The lowest BCUT2D eigenvalue weighted by molar-refractivity contribution is -0.0955. The molecule has 2 aliphatic rings. The molecule has 2 aromatic heterocycles. The van der Waals surface area contributed by atoms with Gasteiger partial charge in [-0.25, -0.2) is 4.98 Å². The molecule has 2 saturated heterocycles. The van der Waals surface area contributed by atoms with Crippen LogP contribution in [0, 0.1) is 5.92 Å². The quantitative estimate of drug-likeness (QED) is 0.642. The zero-order valence-corrected chi connectivity index (χ0v) is 16.8. The molecule has 150 valence electrons. The second-order valence-corrected chi connectivity index (χ2v) is 8.28. The number of hydrogen-bond donors (Lipinski definition) is 0. The van der Waals surface area contributed by atoms with Crippen molar-refractivity contribution >= 4 is 17.2 Å². The average molecular weight is 410 g/mol. The van der Waals surface area contributed by atoms with Crippen molar-refractivity contribution in [2.24, 2.45) is 5.92 Å². The second-order valence-electron chi connectivity index (χ2n) is 7.28. The minimum atomic E-state index is -0.110. The summed E-state index contributed by atoms with van der Waals surface area (Å²) in [6.45, 7) is 2.74. The van der Waals surface area contributed by atoms with Gasteiger partial charge in [0.2, 0.25) is 0 Å². The third-order valence-electron chi connectivity index (χ3n) is 5.46. The number of thiazole rings is 1. The number of benzene rings is 1. The molecule has 0 saturated carbocycles. The number of likely N-dealkylation sites (tertiary alicyclic amines) is 1. The lowest BCUT2D eigenvalue weighted by atomic mass is 9.96. The Labute approximate surface area is 173 Å². The van der Waals surface area contributed by atoms with E-state index in [0.29, 0.717) is 42.9 Å². The predicted octanol–water partition coefficient (Wildman–Crippen LogP) is 4.30. The van der Waals surface area contributed by atoms with Gasteiger partial charge in [0, 0.05) is 24.6 Å². The highest BCUT2D eigenvalue weighted by Gasteiger charge is 2.33. The average Bonchev–Trinajstić information content (AvgIpc) is 3.55. The Morgan fingerprint density at radius 2 is 1.79 bits per heavy atom. The van der Waals surface area contributed by atoms with E-state index in [1.165, 1.54) is 11.3 Å². The van der Waals surface area contributed by atoms with Crippen LogP contribution in [-0.2, 0) is 9.47 Å². The number of carbonyl (C=O) groups is 1. The summed E-state index contributed by atoms with van der Waals surface area (Å²) in [7, 11) is 0. The van der Waals surface area contributed by atoms with Crippen LogP contribution < -0.4 is 0 Å². The molecule has 29 heavy (non-hydrogen) atoms. The Hall–Kier alpha value is -2.48. The number of aromatic nitrogens is 1. The normalized spacial score (nSPS) is 18.4. The van der Waals surface area contributed by atoms with Crippen LogP contribution in [0.3, 0.4) is 0 Å². The molecule has 6 nitrogen and oxygen atoms in total. The summed E-state index contributed by atoms with van der Waals surface area (Å²) >= 11 is 1.39. The molecule has 0 atom stereocenters. The van der Waals surface area contributed by atoms with E-state index in [1.807, 2.05) is 47.4 Å². The molecular weight excluding hydrogens is 388 g/mol. The fourth-order valence-electron chi connectivity index (χ4n) is 3.93. The largest absolute Gasteiger partial charge is 0.462 e. The summed E-state index contributed by atoms with van der Waals surface area (Å²) in [5.41, 5.74) is 1.66. The van der Waals surface area contributed by atoms with E-state index in [2.05, 4.69) is 0 Å². The van der Waals surface area contributed by atoms with Gasteiger partial charge in [0.1, 0.15) is 4.88 Å². The third kappa shape index (κ3) is 3.73. The number of amides is 1. The van der Waals surface area contributed by atoms with Gasteiger partial charge in [-0.1, -0.05) is 30.3 Å². The van der Waals surface area contributed by atoms with E-state index >= 15 is 0 Å². The summed E-state index contributed by atoms with van der Waals surface area (Å²) in [4.78, 5) is 20.8. The number of hydrogen-bond acceptors (Lipinski definition) is 6. The number of furan rings is 1. The lowest BCUT2D eigenvalue weighted by Crippen LogP contribution is -2.41. The molecule has 0 N–H and O–H groups in total. The van der Waals surface area contributed by atoms with Crippen molar-refractivity contribution in [1.82, 2.24) is 9.88 Å². The van der Waals surface area contributed by atoms with Crippen molar-refractivity contribution in [2.75, 3.05) is 26.3 Å². The van der Waals surface area contributed by atoms with Crippen LogP contribution in [0.25, 0.3) is 22.0 Å². The molecule has 1 aromatic carbocycles. The number of ether oxygens (including phenoxy) is 2. The van der Waals surface area contributed by atoms with Crippen molar-refractivity contribution < 1.29 is 18.7 Å². The number of piperidine rings is 1. The van der Waals surface area contributed by atoms with E-state index in [-0.39, 0.29) is 12.2 Å². The van der Waals surface area contributed by atoms with Crippen molar-refractivity contribution in [1.29, 1.82) is 0 Å². The van der Waals surface area contributed by atoms with E-state index in [9.17, 15) is 4.79 Å². The standard InChI is InChI=1S/C22H22N2O4S/c25-21(24-10-8-16(9-11-24)22-27-13-14-28-22)19-18(15-5-2-1-3-6-15)23-20(29-19)17-7-4-12-26-17/h1-7,12,16,22H,8-11,13-14H2. The molecule has 5 rings (SSSR count). The minimum Gasteiger partial charge on any atom is -0.462 e. The van der Waals surface area contributed by atoms with Crippen molar-refractivity contribution in [3.63, 3.8) is 0 Å². The smallest absolute Gasteiger partial charge is 0.266 e. The van der Waals surface area contributed by atoms with Gasteiger partial charge >= 0.3 is 0 Å². The third-order valence-corrected chi connectivity index (χ3v) is 6.52. The summed E-state index contributed by atoms with van der Waals surface area (Å²) in [6.07, 6.45) is 3.29. The molecule has 7 heteroatoms. The van der Waals surface area contributed by atoms with Crippen molar-refractivity contribution in [3.8, 4) is 22.0 Å². The second kappa shape index (κ2) is 8.10. The van der Waals surface area contributed by atoms with Gasteiger partial charge in [-0.05, 0) is 25.0 Å². The van der Waals surface area contributed by atoms with E-state index in [1.54, 1.807) is 6.26 Å². The first-order valence-electron chi connectivity index (χ1n) is 9.92. The molecule has 2 fully saturated rings. The van der Waals surface area contributed by atoms with Gasteiger partial charge in [0.05, 0.1) is 25.2 Å². The van der Waals surface area contributed by atoms with Gasteiger partial charge in [-0.3, -0.25) is 4.79 Å². The number of rotatable bonds is 4. The fourth-order valence-corrected chi connectivity index (χ4v) is 4.95. The first kappa shape index (κ1) is 18.5. The summed E-state index contributed by atoms with van der Waals surface area (Å²) < 4.78 is 16.8. The Kier molecular flexibility index (Phi) is 5.18. The van der Waals surface area contributed by atoms with Crippen LogP contribution in [0.2, 0.25) is 0 Å². The summed E-state index contributed by atoms with van der Waals surface area (Å²) in [5.74, 6) is 1.07. The maximum Gasteiger partial charge on any atom is 0.266 e. The first-order chi connectivity index (χ1) is 14.3. The zero-order chi connectivity index (χ0) is 19.6. The SMILES string of the molecule is O=C(c1sc(-c2ccco2)nc1-c1ccccc1)N1CCC(C2OCCO2)CC1. The van der Waals surface area contributed by atoms with Crippen LogP contribution in [-0.4, -0.2) is 48.4 Å². The molecule has 4 heterocycles. The highest BCUT2D eigenvalue weighted by atomic mass is 32.1. The lowest BCUT2D eigenvalue weighted by Gasteiger charge is -2.33. The van der Waals surface area contributed by atoms with E-state index < -0.39 is 0 Å². The molecular formula is C22H22N2O4S. The Balaban J connectivity index is 1.40. The molecule has 0 bridgehead atoms. The monoisotopic (exact) mass is 410 g/mol. The van der Waals surface area contributed by atoms with Gasteiger partial charge in [-0.15, -0.1) is 11.3 Å².